The van der Waals surface area contributed by atoms with E-state index in [9.17, 15) is 22.4 Å². The number of carbonyl (C=O) groups is 1. The zero-order valence-electron chi connectivity index (χ0n) is 20.3. The lowest BCUT2D eigenvalue weighted by atomic mass is 10.00. The van der Waals surface area contributed by atoms with E-state index in [2.05, 4.69) is 10.3 Å². The summed E-state index contributed by atoms with van der Waals surface area (Å²) < 4.78 is 66.1. The van der Waals surface area contributed by atoms with E-state index in [-0.39, 0.29) is 37.7 Å². The van der Waals surface area contributed by atoms with Crippen LogP contribution in [0.25, 0.3) is 11.1 Å². The average Bonchev–Trinajstić information content (AvgIpc) is 3.45. The minimum atomic E-state index is -4.37. The van der Waals surface area contributed by atoms with Gasteiger partial charge in [-0.05, 0) is 54.2 Å². The van der Waals surface area contributed by atoms with Crippen LogP contribution >= 0.6 is 0 Å². The lowest BCUT2D eigenvalue weighted by Crippen LogP contribution is -2.39. The van der Waals surface area contributed by atoms with E-state index in [0.717, 1.165) is 4.90 Å². The molecule has 2 amide bonds. The van der Waals surface area contributed by atoms with Crippen molar-refractivity contribution >= 4 is 17.5 Å². The Morgan fingerprint density at radius 3 is 2.70 bits per heavy atom. The van der Waals surface area contributed by atoms with Gasteiger partial charge in [0.25, 0.3) is 0 Å². The first kappa shape index (κ1) is 25.5. The topological polar surface area (TPSA) is 87.2 Å². The summed E-state index contributed by atoms with van der Waals surface area (Å²) in [6.45, 7) is 3.45. The second-order valence-corrected chi connectivity index (χ2v) is 9.74. The summed E-state index contributed by atoms with van der Waals surface area (Å²) in [6, 6.07) is 5.45. The van der Waals surface area contributed by atoms with Crippen LogP contribution < -0.4 is 15.0 Å². The first-order valence-electron chi connectivity index (χ1n) is 12.1. The summed E-state index contributed by atoms with van der Waals surface area (Å²) in [7, 11) is 0. The quantitative estimate of drug-likeness (QED) is 0.559. The molecule has 1 aromatic heterocycles. The van der Waals surface area contributed by atoms with Crippen molar-refractivity contribution in [3.05, 3.63) is 35.6 Å². The number of urea groups is 1. The number of rotatable bonds is 6. The number of fused-ring (bicyclic) bond motifs is 1. The molecule has 0 bridgehead atoms. The van der Waals surface area contributed by atoms with Crippen molar-refractivity contribution in [1.82, 2.24) is 9.88 Å². The third-order valence-electron chi connectivity index (χ3n) is 7.33. The van der Waals surface area contributed by atoms with Gasteiger partial charge in [-0.15, -0.1) is 0 Å². The molecule has 2 saturated heterocycles. The molecule has 200 valence electrons. The van der Waals surface area contributed by atoms with Gasteiger partial charge in [0.05, 0.1) is 30.9 Å². The maximum Gasteiger partial charge on any atom is 0.396 e. The molecule has 3 aliphatic rings. The molecular weight excluding hydrogens is 496 g/mol. The summed E-state index contributed by atoms with van der Waals surface area (Å²) >= 11 is 0. The monoisotopic (exact) mass is 524 g/mol. The molecule has 3 fully saturated rings. The van der Waals surface area contributed by atoms with Crippen molar-refractivity contribution in [2.45, 2.75) is 19.5 Å². The molecule has 1 aromatic carbocycles. The van der Waals surface area contributed by atoms with Crippen LogP contribution in [-0.4, -0.2) is 79.8 Å². The largest absolute Gasteiger partial charge is 0.475 e. The van der Waals surface area contributed by atoms with Crippen LogP contribution in [0.2, 0.25) is 0 Å². The van der Waals surface area contributed by atoms with Crippen molar-refractivity contribution in [2.24, 2.45) is 11.3 Å². The minimum Gasteiger partial charge on any atom is -0.475 e. The van der Waals surface area contributed by atoms with E-state index in [4.69, 9.17) is 14.6 Å². The molecule has 2 aliphatic heterocycles. The number of amides is 2. The Bertz CT molecular complexity index is 1190. The first-order valence-corrected chi connectivity index (χ1v) is 12.1. The van der Waals surface area contributed by atoms with Gasteiger partial charge in [-0.2, -0.15) is 18.2 Å². The Morgan fingerprint density at radius 1 is 1.27 bits per heavy atom. The Kier molecular flexibility index (Phi) is 6.65. The number of ether oxygens (including phenoxy) is 2. The zero-order chi connectivity index (χ0) is 26.4. The average molecular weight is 525 g/mol. The first-order chi connectivity index (χ1) is 17.6. The summed E-state index contributed by atoms with van der Waals surface area (Å²) in [5, 5.41) is 11.6. The Balaban J connectivity index is 1.41. The number of hydrogen-bond donors (Lipinski definition) is 2. The molecule has 2 atom stereocenters. The summed E-state index contributed by atoms with van der Waals surface area (Å²) in [5.41, 5.74) is -0.135. The number of aliphatic hydroxyl groups is 1. The van der Waals surface area contributed by atoms with Crippen molar-refractivity contribution in [2.75, 3.05) is 62.8 Å². The van der Waals surface area contributed by atoms with Crippen LogP contribution in [0.15, 0.2) is 24.3 Å². The van der Waals surface area contributed by atoms with E-state index in [1.807, 2.05) is 11.0 Å². The van der Waals surface area contributed by atoms with Crippen molar-refractivity contribution in [3.63, 3.8) is 0 Å². The maximum atomic E-state index is 14.9. The van der Waals surface area contributed by atoms with E-state index in [0.29, 0.717) is 48.8 Å². The highest BCUT2D eigenvalue weighted by molar-refractivity contribution is 5.91. The molecule has 12 heteroatoms. The molecule has 2 N–H and O–H groups in total. The highest BCUT2D eigenvalue weighted by Gasteiger charge is 2.74. The standard InChI is InChI=1S/C25H28F4N4O4/c1-15-8-19(26)20(30-23(35)33-13-17-12-24(17,14-33)25(27,28)29)11-18(15)16-9-21(32-2-5-36-6-3-32)31-22(10-16)37-7-4-34/h8-11,17,34H,2-7,12-14H2,1H3,(H,30,35)/t17-,24-/m1/s1. The van der Waals surface area contributed by atoms with Crippen LogP contribution in [0.3, 0.4) is 0 Å². The number of carbonyl (C=O) groups excluding carboxylic acids is 1. The normalized spacial score (nSPS) is 23.1. The maximum absolute atomic E-state index is 14.9. The van der Waals surface area contributed by atoms with Crippen LogP contribution in [0.1, 0.15) is 12.0 Å². The van der Waals surface area contributed by atoms with Gasteiger partial charge < -0.3 is 29.7 Å². The number of aryl methyl sites for hydroxylation is 1. The molecule has 1 aliphatic carbocycles. The number of nitrogens with zero attached hydrogens (tertiary/aromatic N) is 3. The highest BCUT2D eigenvalue weighted by Crippen LogP contribution is 2.66. The van der Waals surface area contributed by atoms with Gasteiger partial charge in [-0.3, -0.25) is 0 Å². The number of hydrogen-bond acceptors (Lipinski definition) is 6. The fourth-order valence-corrected chi connectivity index (χ4v) is 5.18. The van der Waals surface area contributed by atoms with Gasteiger partial charge in [0.1, 0.15) is 18.2 Å². The fourth-order valence-electron chi connectivity index (χ4n) is 5.18. The third-order valence-corrected chi connectivity index (χ3v) is 7.33. The van der Waals surface area contributed by atoms with Crippen molar-refractivity contribution in [1.29, 1.82) is 0 Å². The van der Waals surface area contributed by atoms with Crippen LogP contribution in [0.4, 0.5) is 33.9 Å². The molecule has 37 heavy (non-hydrogen) atoms. The van der Waals surface area contributed by atoms with Gasteiger partial charge in [0.15, 0.2) is 0 Å². The Hall–Kier alpha value is -3.12. The van der Waals surface area contributed by atoms with Gasteiger partial charge >= 0.3 is 12.2 Å². The molecule has 8 nitrogen and oxygen atoms in total. The van der Waals surface area contributed by atoms with Crippen molar-refractivity contribution < 1.29 is 36.9 Å². The smallest absolute Gasteiger partial charge is 0.396 e. The van der Waals surface area contributed by atoms with Gasteiger partial charge in [-0.25, -0.2) is 9.18 Å². The number of likely N-dealkylation sites (tertiary alicyclic amines) is 1. The Labute approximate surface area is 211 Å². The predicted octanol–water partition coefficient (Wildman–Crippen LogP) is 3.82. The number of benzene rings is 1. The summed E-state index contributed by atoms with van der Waals surface area (Å²) in [4.78, 5) is 20.4. The number of piperidine rings is 1. The SMILES string of the molecule is Cc1cc(F)c(NC(=O)N2C[C@H]3C[C@@]3(C(F)(F)F)C2)cc1-c1cc(OCCO)nc(N2CCOCC2)c1. The van der Waals surface area contributed by atoms with Gasteiger partial charge in [0, 0.05) is 32.2 Å². The van der Waals surface area contributed by atoms with E-state index in [1.165, 1.54) is 12.1 Å². The fraction of sp³-hybridized carbons (Fsp3) is 0.520. The lowest BCUT2D eigenvalue weighted by Gasteiger charge is -2.28. The number of nitrogens with one attached hydrogen (secondary N) is 1. The molecule has 0 spiro atoms. The molecule has 0 radical (unpaired) electrons. The number of aromatic nitrogens is 1. The molecule has 0 unspecified atom stereocenters. The number of morpholine rings is 1. The molecule has 1 saturated carbocycles. The molecule has 2 aromatic rings. The van der Waals surface area contributed by atoms with Crippen LogP contribution in [0.5, 0.6) is 5.88 Å². The molecule has 5 rings (SSSR count). The highest BCUT2D eigenvalue weighted by atomic mass is 19.4. The number of aliphatic hydroxyl groups excluding tert-OH is 1. The Morgan fingerprint density at radius 2 is 2.03 bits per heavy atom. The number of alkyl halides is 3. The van der Waals surface area contributed by atoms with Crippen LogP contribution in [0, 0.1) is 24.1 Å². The van der Waals surface area contributed by atoms with E-state index >= 15 is 0 Å². The van der Waals surface area contributed by atoms with E-state index in [1.54, 1.807) is 13.0 Å². The summed E-state index contributed by atoms with van der Waals surface area (Å²) in [5.74, 6) is -0.402. The number of anilines is 2. The number of pyridine rings is 1. The predicted molar refractivity (Wildman–Crippen MR) is 127 cm³/mol. The summed E-state index contributed by atoms with van der Waals surface area (Å²) in [6.07, 6.45) is -4.35. The molecule has 3 heterocycles. The minimum absolute atomic E-state index is 0.00942. The number of halogens is 4. The van der Waals surface area contributed by atoms with Gasteiger partial charge in [0.2, 0.25) is 5.88 Å². The zero-order valence-corrected chi connectivity index (χ0v) is 20.3. The van der Waals surface area contributed by atoms with E-state index < -0.39 is 35.9 Å². The lowest BCUT2D eigenvalue weighted by molar-refractivity contribution is -0.187. The van der Waals surface area contributed by atoms with Crippen LogP contribution in [-0.2, 0) is 4.74 Å². The third kappa shape index (κ3) is 4.91. The second-order valence-electron chi connectivity index (χ2n) is 9.74. The van der Waals surface area contributed by atoms with Crippen molar-refractivity contribution in [3.8, 4) is 17.0 Å². The second kappa shape index (κ2) is 9.64. The van der Waals surface area contributed by atoms with Gasteiger partial charge in [-0.1, -0.05) is 0 Å². The molecular formula is C25H28F4N4O4.